The lowest BCUT2D eigenvalue weighted by Crippen LogP contribution is -2.24. The van der Waals surface area contributed by atoms with Crippen LogP contribution in [-0.2, 0) is 10.0 Å². The van der Waals surface area contributed by atoms with Gasteiger partial charge in [0, 0.05) is 17.6 Å². The van der Waals surface area contributed by atoms with Gasteiger partial charge in [-0.2, -0.15) is 0 Å². The van der Waals surface area contributed by atoms with E-state index in [1.165, 1.54) is 0 Å². The summed E-state index contributed by atoms with van der Waals surface area (Å²) in [7, 11) is -3.38. The molecule has 138 valence electrons. The molecule has 0 radical (unpaired) electrons. The van der Waals surface area contributed by atoms with Crippen LogP contribution in [0.25, 0.3) is 11.1 Å². The van der Waals surface area contributed by atoms with Gasteiger partial charge in [-0.15, -0.1) is 0 Å². The van der Waals surface area contributed by atoms with Gasteiger partial charge in [-0.3, -0.25) is 4.72 Å². The van der Waals surface area contributed by atoms with Crippen LogP contribution < -0.4 is 10.0 Å². The zero-order chi connectivity index (χ0) is 18.9. The van der Waals surface area contributed by atoms with Gasteiger partial charge >= 0.3 is 6.09 Å². The lowest BCUT2D eigenvalue weighted by Gasteiger charge is -2.12. The Labute approximate surface area is 153 Å². The van der Waals surface area contributed by atoms with E-state index in [1.54, 1.807) is 26.0 Å². The molecule has 1 aliphatic carbocycles. The molecule has 2 unspecified atom stereocenters. The standard InChI is InChI=1S/C19H22N2O4S/c1-12(2)26(24,25)21-16-5-3-4-15(10-16)13-6-8-14(9-7-13)17-11-18(17)20-19(22)23/h3-10,12,17-18,20-21H,11H2,1-2H3,(H,22,23). The summed E-state index contributed by atoms with van der Waals surface area (Å²) in [5.41, 5.74) is 3.52. The molecule has 1 fully saturated rings. The molecular formula is C19H22N2O4S. The molecule has 0 aliphatic heterocycles. The second-order valence-electron chi connectivity index (χ2n) is 6.80. The molecule has 6 nitrogen and oxygen atoms in total. The number of hydrogen-bond donors (Lipinski definition) is 3. The number of carboxylic acid groups (broad SMARTS) is 1. The molecule has 7 heteroatoms. The molecule has 0 bridgehead atoms. The van der Waals surface area contributed by atoms with E-state index in [0.29, 0.717) is 5.69 Å². The number of nitrogens with one attached hydrogen (secondary N) is 2. The quantitative estimate of drug-likeness (QED) is 0.719. The Bertz CT molecular complexity index is 907. The molecule has 26 heavy (non-hydrogen) atoms. The lowest BCUT2D eigenvalue weighted by atomic mass is 10.0. The van der Waals surface area contributed by atoms with Crippen LogP contribution in [0.1, 0.15) is 31.7 Å². The molecule has 1 amide bonds. The van der Waals surface area contributed by atoms with Crippen molar-refractivity contribution >= 4 is 21.8 Å². The van der Waals surface area contributed by atoms with Crippen molar-refractivity contribution in [2.24, 2.45) is 0 Å². The van der Waals surface area contributed by atoms with Crippen LogP contribution in [0.2, 0.25) is 0 Å². The molecule has 0 aromatic heterocycles. The smallest absolute Gasteiger partial charge is 0.404 e. The highest BCUT2D eigenvalue weighted by Gasteiger charge is 2.39. The maximum atomic E-state index is 12.0. The minimum atomic E-state index is -3.38. The average Bonchev–Trinajstić information content (AvgIpc) is 3.33. The maximum Gasteiger partial charge on any atom is 0.404 e. The van der Waals surface area contributed by atoms with Crippen LogP contribution in [0.4, 0.5) is 10.5 Å². The highest BCUT2D eigenvalue weighted by atomic mass is 32.2. The molecule has 3 rings (SSSR count). The summed E-state index contributed by atoms with van der Waals surface area (Å²) in [5.74, 6) is 0.226. The summed E-state index contributed by atoms with van der Waals surface area (Å²) < 4.78 is 26.6. The normalized spacial score (nSPS) is 19.2. The molecule has 2 aromatic carbocycles. The second kappa shape index (κ2) is 6.99. The summed E-state index contributed by atoms with van der Waals surface area (Å²) in [6.45, 7) is 3.27. The Kier molecular flexibility index (Phi) is 4.91. The molecular weight excluding hydrogens is 352 g/mol. The monoisotopic (exact) mass is 374 g/mol. The van der Waals surface area contributed by atoms with E-state index in [4.69, 9.17) is 5.11 Å². The third-order valence-electron chi connectivity index (χ3n) is 4.51. The van der Waals surface area contributed by atoms with Gasteiger partial charge in [-0.25, -0.2) is 13.2 Å². The van der Waals surface area contributed by atoms with Gasteiger partial charge in [-0.05, 0) is 49.1 Å². The van der Waals surface area contributed by atoms with E-state index >= 15 is 0 Å². The fraction of sp³-hybridized carbons (Fsp3) is 0.316. The van der Waals surface area contributed by atoms with Gasteiger partial charge in [0.2, 0.25) is 10.0 Å². The van der Waals surface area contributed by atoms with Gasteiger partial charge in [0.05, 0.1) is 5.25 Å². The number of anilines is 1. The van der Waals surface area contributed by atoms with Crippen LogP contribution in [0.15, 0.2) is 48.5 Å². The average molecular weight is 374 g/mol. The molecule has 3 N–H and O–H groups in total. The summed E-state index contributed by atoms with van der Waals surface area (Å²) in [6.07, 6.45) is -0.173. The predicted molar refractivity (Wildman–Crippen MR) is 102 cm³/mol. The van der Waals surface area contributed by atoms with Crippen molar-refractivity contribution in [3.8, 4) is 11.1 Å². The highest BCUT2D eigenvalue weighted by molar-refractivity contribution is 7.93. The van der Waals surface area contributed by atoms with E-state index in [0.717, 1.165) is 23.1 Å². The van der Waals surface area contributed by atoms with Gasteiger partial charge in [0.1, 0.15) is 0 Å². The third kappa shape index (κ3) is 4.16. The second-order valence-corrected chi connectivity index (χ2v) is 9.03. The first kappa shape index (κ1) is 18.3. The van der Waals surface area contributed by atoms with Gasteiger partial charge in [-0.1, -0.05) is 36.4 Å². The highest BCUT2D eigenvalue weighted by Crippen LogP contribution is 2.41. The van der Waals surface area contributed by atoms with Crippen LogP contribution in [0.3, 0.4) is 0 Å². The first-order valence-electron chi connectivity index (χ1n) is 8.48. The summed E-state index contributed by atoms with van der Waals surface area (Å²) in [4.78, 5) is 10.7. The van der Waals surface area contributed by atoms with Crippen LogP contribution in [0, 0.1) is 0 Å². The molecule has 2 atom stereocenters. The number of benzene rings is 2. The fourth-order valence-corrected chi connectivity index (χ4v) is 3.54. The lowest BCUT2D eigenvalue weighted by molar-refractivity contribution is 0.193. The topological polar surface area (TPSA) is 95.5 Å². The van der Waals surface area contributed by atoms with Crippen LogP contribution in [0.5, 0.6) is 0 Å². The number of sulfonamides is 1. The Morgan fingerprint density at radius 1 is 1.12 bits per heavy atom. The number of rotatable bonds is 6. The predicted octanol–water partition coefficient (Wildman–Crippen LogP) is 3.63. The number of carbonyl (C=O) groups is 1. The van der Waals surface area contributed by atoms with Crippen molar-refractivity contribution in [3.63, 3.8) is 0 Å². The van der Waals surface area contributed by atoms with Crippen molar-refractivity contribution in [1.82, 2.24) is 5.32 Å². The maximum absolute atomic E-state index is 12.0. The van der Waals surface area contributed by atoms with E-state index in [-0.39, 0.29) is 12.0 Å². The van der Waals surface area contributed by atoms with Crippen molar-refractivity contribution in [2.75, 3.05) is 4.72 Å². The fourth-order valence-electron chi connectivity index (χ4n) is 2.85. The van der Waals surface area contributed by atoms with E-state index < -0.39 is 21.4 Å². The molecule has 2 aromatic rings. The molecule has 0 heterocycles. The molecule has 1 aliphatic rings. The minimum absolute atomic E-state index is 0.00730. The van der Waals surface area contributed by atoms with Gasteiger partial charge in [0.15, 0.2) is 0 Å². The first-order valence-corrected chi connectivity index (χ1v) is 10.0. The summed E-state index contributed by atoms with van der Waals surface area (Å²) in [5, 5.41) is 10.8. The number of hydrogen-bond acceptors (Lipinski definition) is 3. The third-order valence-corrected chi connectivity index (χ3v) is 6.28. The number of amides is 1. The molecule has 0 saturated heterocycles. The Morgan fingerprint density at radius 2 is 1.81 bits per heavy atom. The van der Waals surface area contributed by atoms with Crippen LogP contribution >= 0.6 is 0 Å². The first-order chi connectivity index (χ1) is 12.3. The van der Waals surface area contributed by atoms with Crippen molar-refractivity contribution < 1.29 is 18.3 Å². The van der Waals surface area contributed by atoms with Crippen molar-refractivity contribution in [2.45, 2.75) is 37.5 Å². The zero-order valence-corrected chi connectivity index (χ0v) is 15.5. The Morgan fingerprint density at radius 3 is 2.42 bits per heavy atom. The zero-order valence-electron chi connectivity index (χ0n) is 14.6. The van der Waals surface area contributed by atoms with Crippen molar-refractivity contribution in [3.05, 3.63) is 54.1 Å². The Hall–Kier alpha value is -2.54. The Balaban J connectivity index is 1.74. The molecule has 1 saturated carbocycles. The van der Waals surface area contributed by atoms with Gasteiger partial charge in [0.25, 0.3) is 0 Å². The van der Waals surface area contributed by atoms with E-state index in [1.807, 2.05) is 36.4 Å². The summed E-state index contributed by atoms with van der Waals surface area (Å²) in [6, 6.07) is 15.2. The van der Waals surface area contributed by atoms with Crippen LogP contribution in [-0.4, -0.2) is 30.9 Å². The SMILES string of the molecule is CC(C)S(=O)(=O)Nc1cccc(-c2ccc(C3CC3NC(=O)O)cc2)c1. The minimum Gasteiger partial charge on any atom is -0.465 e. The largest absolute Gasteiger partial charge is 0.465 e. The van der Waals surface area contributed by atoms with Gasteiger partial charge < -0.3 is 10.4 Å². The van der Waals surface area contributed by atoms with E-state index in [9.17, 15) is 13.2 Å². The summed E-state index contributed by atoms with van der Waals surface area (Å²) >= 11 is 0. The molecule has 0 spiro atoms. The van der Waals surface area contributed by atoms with E-state index in [2.05, 4.69) is 10.0 Å². The van der Waals surface area contributed by atoms with Crippen molar-refractivity contribution in [1.29, 1.82) is 0 Å².